The molecule has 17 heavy (non-hydrogen) atoms. The first kappa shape index (κ1) is 12.0. The third-order valence-corrected chi connectivity index (χ3v) is 3.29. The van der Waals surface area contributed by atoms with Crippen LogP contribution in [0.5, 0.6) is 11.5 Å². The molecule has 0 amide bonds. The molecule has 1 heterocycles. The van der Waals surface area contributed by atoms with Gasteiger partial charge in [0.15, 0.2) is 16.6 Å². The second-order valence-corrected chi connectivity index (χ2v) is 4.40. The maximum atomic E-state index is 5.65. The van der Waals surface area contributed by atoms with E-state index in [2.05, 4.69) is 0 Å². The lowest BCUT2D eigenvalue weighted by atomic mass is 9.99. The van der Waals surface area contributed by atoms with E-state index in [0.717, 1.165) is 31.0 Å². The van der Waals surface area contributed by atoms with E-state index in [1.807, 2.05) is 17.0 Å². The van der Waals surface area contributed by atoms with E-state index in [1.165, 1.54) is 11.1 Å². The summed E-state index contributed by atoms with van der Waals surface area (Å²) in [5.74, 6) is 1.52. The van der Waals surface area contributed by atoms with Gasteiger partial charge >= 0.3 is 0 Å². The number of benzene rings is 1. The van der Waals surface area contributed by atoms with Crippen LogP contribution in [-0.2, 0) is 13.0 Å². The van der Waals surface area contributed by atoms with Crippen LogP contribution >= 0.6 is 12.2 Å². The second kappa shape index (κ2) is 4.79. The molecule has 0 radical (unpaired) electrons. The Morgan fingerprint density at radius 1 is 1.24 bits per heavy atom. The molecule has 0 saturated carbocycles. The maximum absolute atomic E-state index is 5.65. The normalized spacial score (nSPS) is 14.1. The van der Waals surface area contributed by atoms with Gasteiger partial charge in [0.25, 0.3) is 0 Å². The van der Waals surface area contributed by atoms with Crippen molar-refractivity contribution in [3.8, 4) is 11.5 Å². The number of rotatable bonds is 2. The van der Waals surface area contributed by atoms with Gasteiger partial charge in [-0.3, -0.25) is 0 Å². The van der Waals surface area contributed by atoms with E-state index < -0.39 is 0 Å². The summed E-state index contributed by atoms with van der Waals surface area (Å²) in [4.78, 5) is 1.99. The van der Waals surface area contributed by atoms with Crippen LogP contribution in [0.4, 0.5) is 0 Å². The predicted octanol–water partition coefficient (Wildman–Crippen LogP) is 1.31. The van der Waals surface area contributed by atoms with Crippen molar-refractivity contribution in [2.45, 2.75) is 13.0 Å². The topological polar surface area (TPSA) is 47.7 Å². The summed E-state index contributed by atoms with van der Waals surface area (Å²) in [5.41, 5.74) is 8.12. The quantitative estimate of drug-likeness (QED) is 0.804. The average Bonchev–Trinajstić information content (AvgIpc) is 2.36. The van der Waals surface area contributed by atoms with E-state index in [1.54, 1.807) is 14.2 Å². The van der Waals surface area contributed by atoms with E-state index in [0.29, 0.717) is 5.11 Å². The zero-order chi connectivity index (χ0) is 12.4. The summed E-state index contributed by atoms with van der Waals surface area (Å²) in [7, 11) is 3.28. The summed E-state index contributed by atoms with van der Waals surface area (Å²) < 4.78 is 10.6. The Labute approximate surface area is 106 Å². The fourth-order valence-corrected chi connectivity index (χ4v) is 2.23. The molecular formula is C12H16N2O2S. The smallest absolute Gasteiger partial charge is 0.166 e. The minimum atomic E-state index is 0.449. The van der Waals surface area contributed by atoms with Gasteiger partial charge in [-0.25, -0.2) is 0 Å². The molecule has 0 unspecified atom stereocenters. The first-order valence-corrected chi connectivity index (χ1v) is 5.84. The first-order valence-electron chi connectivity index (χ1n) is 5.44. The molecule has 0 aromatic heterocycles. The Bertz CT molecular complexity index is 448. The summed E-state index contributed by atoms with van der Waals surface area (Å²) >= 11 is 5.00. The lowest BCUT2D eigenvalue weighted by Crippen LogP contribution is -2.39. The van der Waals surface area contributed by atoms with Gasteiger partial charge in [0, 0.05) is 13.1 Å². The van der Waals surface area contributed by atoms with Crippen molar-refractivity contribution in [1.29, 1.82) is 0 Å². The number of hydrogen-bond donors (Lipinski definition) is 1. The van der Waals surface area contributed by atoms with Crippen LogP contribution in [-0.4, -0.2) is 30.8 Å². The van der Waals surface area contributed by atoms with Crippen molar-refractivity contribution < 1.29 is 9.47 Å². The molecule has 2 N–H and O–H groups in total. The van der Waals surface area contributed by atoms with Gasteiger partial charge in [-0.15, -0.1) is 0 Å². The number of thiocarbonyl (C=S) groups is 1. The fraction of sp³-hybridized carbons (Fsp3) is 0.417. The molecule has 0 saturated heterocycles. The zero-order valence-electron chi connectivity index (χ0n) is 10.0. The number of nitrogens with zero attached hydrogens (tertiary/aromatic N) is 1. The standard InChI is InChI=1S/C12H16N2O2S/c1-15-10-5-8-3-4-14(12(13)17)7-9(8)6-11(10)16-2/h5-6H,3-4,7H2,1-2H3,(H2,13,17). The van der Waals surface area contributed by atoms with E-state index in [9.17, 15) is 0 Å². The molecule has 4 nitrogen and oxygen atoms in total. The van der Waals surface area contributed by atoms with Crippen LogP contribution in [0, 0.1) is 0 Å². The molecule has 1 aliphatic heterocycles. The molecule has 0 spiro atoms. The number of methoxy groups -OCH3 is 2. The van der Waals surface area contributed by atoms with Crippen molar-refractivity contribution >= 4 is 17.3 Å². The molecule has 1 aliphatic rings. The zero-order valence-corrected chi connectivity index (χ0v) is 10.8. The number of nitrogens with two attached hydrogens (primary N) is 1. The second-order valence-electron chi connectivity index (χ2n) is 3.99. The highest BCUT2D eigenvalue weighted by molar-refractivity contribution is 7.80. The van der Waals surface area contributed by atoms with Crippen molar-refractivity contribution in [2.75, 3.05) is 20.8 Å². The fourth-order valence-electron chi connectivity index (χ4n) is 2.07. The van der Waals surface area contributed by atoms with Crippen LogP contribution in [0.1, 0.15) is 11.1 Å². The number of fused-ring (bicyclic) bond motifs is 1. The van der Waals surface area contributed by atoms with Crippen molar-refractivity contribution in [3.63, 3.8) is 0 Å². The lowest BCUT2D eigenvalue weighted by molar-refractivity contribution is 0.348. The predicted molar refractivity (Wildman–Crippen MR) is 70.4 cm³/mol. The van der Waals surface area contributed by atoms with Crippen LogP contribution in [0.3, 0.4) is 0 Å². The third-order valence-electron chi connectivity index (χ3n) is 3.03. The van der Waals surface area contributed by atoms with Crippen molar-refractivity contribution in [3.05, 3.63) is 23.3 Å². The van der Waals surface area contributed by atoms with Gasteiger partial charge < -0.3 is 20.1 Å². The van der Waals surface area contributed by atoms with Crippen LogP contribution in [0.15, 0.2) is 12.1 Å². The summed E-state index contributed by atoms with van der Waals surface area (Å²) in [6.07, 6.45) is 0.924. The van der Waals surface area contributed by atoms with Gasteiger partial charge in [-0.05, 0) is 41.9 Å². The Balaban J connectivity index is 2.35. The highest BCUT2D eigenvalue weighted by Gasteiger charge is 2.19. The minimum Gasteiger partial charge on any atom is -0.493 e. The SMILES string of the molecule is COc1cc2c(cc1OC)CN(C(N)=S)CC2. The molecule has 0 aliphatic carbocycles. The molecule has 2 rings (SSSR count). The van der Waals surface area contributed by atoms with Crippen LogP contribution < -0.4 is 15.2 Å². The van der Waals surface area contributed by atoms with E-state index in [-0.39, 0.29) is 0 Å². The molecule has 0 atom stereocenters. The van der Waals surface area contributed by atoms with Crippen molar-refractivity contribution in [2.24, 2.45) is 5.73 Å². The van der Waals surface area contributed by atoms with E-state index >= 15 is 0 Å². The summed E-state index contributed by atoms with van der Waals surface area (Å²) in [6.45, 7) is 1.60. The van der Waals surface area contributed by atoms with Gasteiger partial charge in [0.05, 0.1) is 14.2 Å². The van der Waals surface area contributed by atoms with Crippen LogP contribution in [0.2, 0.25) is 0 Å². The minimum absolute atomic E-state index is 0.449. The Morgan fingerprint density at radius 3 is 2.35 bits per heavy atom. The Morgan fingerprint density at radius 2 is 1.82 bits per heavy atom. The average molecular weight is 252 g/mol. The highest BCUT2D eigenvalue weighted by atomic mass is 32.1. The molecule has 0 fully saturated rings. The summed E-state index contributed by atoms with van der Waals surface area (Å²) in [5, 5.41) is 0.449. The highest BCUT2D eigenvalue weighted by Crippen LogP contribution is 2.33. The van der Waals surface area contributed by atoms with Crippen LogP contribution in [0.25, 0.3) is 0 Å². The molecule has 5 heteroatoms. The van der Waals surface area contributed by atoms with E-state index in [4.69, 9.17) is 27.4 Å². The maximum Gasteiger partial charge on any atom is 0.166 e. The monoisotopic (exact) mass is 252 g/mol. The summed E-state index contributed by atoms with van der Waals surface area (Å²) in [6, 6.07) is 4.03. The lowest BCUT2D eigenvalue weighted by Gasteiger charge is -2.29. The molecular weight excluding hydrogens is 236 g/mol. The Hall–Kier alpha value is -1.49. The number of hydrogen-bond acceptors (Lipinski definition) is 3. The third kappa shape index (κ3) is 2.29. The number of ether oxygens (including phenoxy) is 2. The van der Waals surface area contributed by atoms with Gasteiger partial charge in [0.1, 0.15) is 0 Å². The largest absolute Gasteiger partial charge is 0.493 e. The molecule has 92 valence electrons. The van der Waals surface area contributed by atoms with Gasteiger partial charge in [-0.1, -0.05) is 0 Å². The van der Waals surface area contributed by atoms with Gasteiger partial charge in [0.2, 0.25) is 0 Å². The van der Waals surface area contributed by atoms with Gasteiger partial charge in [-0.2, -0.15) is 0 Å². The van der Waals surface area contributed by atoms with Crippen molar-refractivity contribution in [1.82, 2.24) is 4.90 Å². The first-order chi connectivity index (χ1) is 8.15. The Kier molecular flexibility index (Phi) is 3.38. The molecule has 0 bridgehead atoms. The molecule has 1 aromatic carbocycles. The molecule has 1 aromatic rings.